The highest BCUT2D eigenvalue weighted by Gasteiger charge is 2.23. The van der Waals surface area contributed by atoms with E-state index in [1.54, 1.807) is 30.3 Å². The Balaban J connectivity index is 0. The lowest BCUT2D eigenvalue weighted by Crippen LogP contribution is -2.27. The molecule has 0 radical (unpaired) electrons. The van der Waals surface area contributed by atoms with Crippen LogP contribution in [0.1, 0.15) is 12.0 Å². The molecule has 1 aliphatic heterocycles. The molecular formula is C14H14Cl3NO5S. The fourth-order valence-corrected chi connectivity index (χ4v) is 2.29. The van der Waals surface area contributed by atoms with Gasteiger partial charge in [0.2, 0.25) is 0 Å². The van der Waals surface area contributed by atoms with Crippen molar-refractivity contribution in [3.8, 4) is 0 Å². The Bertz CT molecular complexity index is 684. The molecule has 1 aliphatic rings. The highest BCUT2D eigenvalue weighted by molar-refractivity contribution is 7.66. The summed E-state index contributed by atoms with van der Waals surface area (Å²) in [6.07, 6.45) is 2.34. The highest BCUT2D eigenvalue weighted by Crippen LogP contribution is 2.21. The van der Waals surface area contributed by atoms with Crippen LogP contribution >= 0.6 is 37.2 Å². The zero-order valence-electron chi connectivity index (χ0n) is 11.9. The molecule has 2 N–H and O–H groups in total. The van der Waals surface area contributed by atoms with Crippen molar-refractivity contribution in [2.45, 2.75) is 6.42 Å². The van der Waals surface area contributed by atoms with E-state index in [2.05, 4.69) is 0 Å². The second-order valence-electron chi connectivity index (χ2n) is 4.26. The normalized spacial score (nSPS) is 12.2. The van der Waals surface area contributed by atoms with Crippen molar-refractivity contribution in [3.63, 3.8) is 0 Å². The van der Waals surface area contributed by atoms with Gasteiger partial charge in [0.1, 0.15) is 16.2 Å². The molecule has 1 aromatic rings. The maximum Gasteiger partial charge on any atom is 0.333 e. The van der Waals surface area contributed by atoms with E-state index in [4.69, 9.17) is 10.2 Å². The summed E-state index contributed by atoms with van der Waals surface area (Å²) in [4.78, 5) is 23.7. The Kier molecular flexibility index (Phi) is 11.1. The Morgan fingerprint density at radius 2 is 1.38 bits per heavy atom. The summed E-state index contributed by atoms with van der Waals surface area (Å²) >= 11 is 0.175. The van der Waals surface area contributed by atoms with E-state index < -0.39 is 11.9 Å². The number of benzene rings is 1. The van der Waals surface area contributed by atoms with Crippen LogP contribution in [0.15, 0.2) is 53.9 Å². The van der Waals surface area contributed by atoms with Gasteiger partial charge in [-0.15, -0.1) is 37.2 Å². The first kappa shape index (κ1) is 24.5. The molecule has 0 fully saturated rings. The maximum atomic E-state index is 11.4. The van der Waals surface area contributed by atoms with Crippen molar-refractivity contribution >= 4 is 65.4 Å². The van der Waals surface area contributed by atoms with Crippen LogP contribution in [-0.4, -0.2) is 36.2 Å². The third-order valence-corrected chi connectivity index (χ3v) is 3.46. The van der Waals surface area contributed by atoms with E-state index >= 15 is 0 Å². The van der Waals surface area contributed by atoms with Crippen LogP contribution in [0.3, 0.4) is 0 Å². The van der Waals surface area contributed by atoms with E-state index in [1.165, 1.54) is 17.3 Å². The summed E-state index contributed by atoms with van der Waals surface area (Å²) in [6, 6.07) is 8.64. The average molecular weight is 415 g/mol. The minimum Gasteiger partial charge on any atom is -0.478 e. The van der Waals surface area contributed by atoms with Crippen molar-refractivity contribution in [2.24, 2.45) is 0 Å². The number of nitrogens with zero attached hydrogens (tertiary/aromatic N) is 1. The van der Waals surface area contributed by atoms with Gasteiger partial charge in [0.25, 0.3) is 0 Å². The van der Waals surface area contributed by atoms with Gasteiger partial charge in [0.15, 0.2) is 0 Å². The lowest BCUT2D eigenvalue weighted by molar-refractivity contribution is -0.133. The van der Waals surface area contributed by atoms with Gasteiger partial charge in [-0.2, -0.15) is 0 Å². The van der Waals surface area contributed by atoms with Crippen LogP contribution in [0.2, 0.25) is 0 Å². The zero-order chi connectivity index (χ0) is 15.4. The molecule has 0 amide bonds. The van der Waals surface area contributed by atoms with Gasteiger partial charge >= 0.3 is 11.9 Å². The van der Waals surface area contributed by atoms with Crippen molar-refractivity contribution in [3.05, 3.63) is 59.4 Å². The predicted octanol–water partition coefficient (Wildman–Crippen LogP) is 2.29. The van der Waals surface area contributed by atoms with Crippen LogP contribution in [0, 0.1) is 0 Å². The minimum absolute atomic E-state index is 0. The lowest BCUT2D eigenvalue weighted by Gasteiger charge is -2.22. The molecular weight excluding hydrogens is 401 g/mol. The van der Waals surface area contributed by atoms with E-state index in [-0.39, 0.29) is 71.0 Å². The molecule has 10 heteroatoms. The van der Waals surface area contributed by atoms with Gasteiger partial charge in [-0.1, -0.05) is 30.3 Å². The Morgan fingerprint density at radius 1 is 0.917 bits per heavy atom. The second-order valence-corrected chi connectivity index (χ2v) is 4.81. The molecule has 0 unspecified atom stereocenters. The number of carboxylic acids is 2. The first-order valence-corrected chi connectivity index (χ1v) is 6.65. The number of halogens is 3. The second kappa shape index (κ2) is 10.9. The molecule has 6 nitrogen and oxygen atoms in total. The molecule has 1 heterocycles. The largest absolute Gasteiger partial charge is 0.478 e. The molecule has 132 valence electrons. The topological polar surface area (TPSA) is 94.9 Å². The molecule has 24 heavy (non-hydrogen) atoms. The monoisotopic (exact) mass is 413 g/mol. The first-order chi connectivity index (χ1) is 10.0. The number of carbonyl (C=O) groups is 2. The quantitative estimate of drug-likeness (QED) is 0.737. The summed E-state index contributed by atoms with van der Waals surface area (Å²) in [7, 11) is 0. The van der Waals surface area contributed by atoms with Gasteiger partial charge in [0, 0.05) is 24.4 Å². The van der Waals surface area contributed by atoms with Crippen molar-refractivity contribution in [2.75, 3.05) is 0 Å². The Labute approximate surface area is 160 Å². The lowest BCUT2D eigenvalue weighted by atomic mass is 10.0. The summed E-state index contributed by atoms with van der Waals surface area (Å²) in [5, 5.41) is 18.1. The van der Waals surface area contributed by atoms with E-state index in [9.17, 15) is 13.8 Å². The molecule has 0 aromatic heterocycles. The van der Waals surface area contributed by atoms with Gasteiger partial charge in [0.05, 0.1) is 11.1 Å². The molecule has 2 rings (SSSR count). The van der Waals surface area contributed by atoms with Crippen LogP contribution in [0.5, 0.6) is 0 Å². The van der Waals surface area contributed by atoms with Crippen molar-refractivity contribution in [1.82, 2.24) is 4.90 Å². The molecule has 0 spiro atoms. The predicted molar refractivity (Wildman–Crippen MR) is 98.3 cm³/mol. The molecule has 1 aromatic carbocycles. The van der Waals surface area contributed by atoms with Crippen LogP contribution < -0.4 is 0 Å². The summed E-state index contributed by atoms with van der Waals surface area (Å²) < 4.78 is 11.4. The first-order valence-electron chi connectivity index (χ1n) is 5.91. The molecule has 0 saturated carbocycles. The number of aliphatic carboxylic acids is 2. The van der Waals surface area contributed by atoms with E-state index in [0.717, 1.165) is 0 Å². The van der Waals surface area contributed by atoms with E-state index in [1.807, 2.05) is 0 Å². The van der Waals surface area contributed by atoms with Crippen LogP contribution in [0.25, 0.3) is 0 Å². The summed E-state index contributed by atoms with van der Waals surface area (Å²) in [5.41, 5.74) is 0.413. The SMILES string of the molecule is Cl.Cl.Cl.O=S=C(c1ccccc1)N1C=C(C(=O)O)CC(C(=O)O)=C1. The fraction of sp³-hybridized carbons (Fsp3) is 0.0714. The average Bonchev–Trinajstić information content (AvgIpc) is 2.48. The van der Waals surface area contributed by atoms with Gasteiger partial charge in [-0.05, 0) is 0 Å². The zero-order valence-corrected chi connectivity index (χ0v) is 15.2. The Hall–Kier alpha value is -1.80. The number of rotatable bonds is 3. The molecule has 0 bridgehead atoms. The maximum absolute atomic E-state index is 11.4. The van der Waals surface area contributed by atoms with Gasteiger partial charge < -0.3 is 15.1 Å². The molecule has 0 saturated heterocycles. The third-order valence-electron chi connectivity index (χ3n) is 2.85. The highest BCUT2D eigenvalue weighted by atomic mass is 35.5. The summed E-state index contributed by atoms with van der Waals surface area (Å²) in [5.74, 6) is -2.43. The summed E-state index contributed by atoms with van der Waals surface area (Å²) in [6.45, 7) is 0. The fourth-order valence-electron chi connectivity index (χ4n) is 1.87. The van der Waals surface area contributed by atoms with Crippen molar-refractivity contribution in [1.29, 1.82) is 0 Å². The Morgan fingerprint density at radius 3 is 1.75 bits per heavy atom. The van der Waals surface area contributed by atoms with Crippen LogP contribution in [-0.2, 0) is 20.8 Å². The number of carboxylic acid groups (broad SMARTS) is 2. The van der Waals surface area contributed by atoms with Crippen molar-refractivity contribution < 1.29 is 24.0 Å². The van der Waals surface area contributed by atoms with E-state index in [0.29, 0.717) is 5.56 Å². The minimum atomic E-state index is -1.21. The number of hydrogen-bond acceptors (Lipinski definition) is 3. The standard InChI is InChI=1S/C14H11NO5S.3ClH/c16-13(17)10-6-11(14(18)19)8-15(7-10)12(21-20)9-4-2-1-3-5-9;;;/h1-5,7-8H,6H2,(H,16,17)(H,18,19);3*1H. The van der Waals surface area contributed by atoms with Gasteiger partial charge in [-0.3, -0.25) is 0 Å². The molecule has 0 atom stereocenters. The van der Waals surface area contributed by atoms with Gasteiger partial charge in [-0.25, -0.2) is 13.8 Å². The number of hydrogen-bond donors (Lipinski definition) is 2. The third kappa shape index (κ3) is 5.68. The van der Waals surface area contributed by atoms with Crippen LogP contribution in [0.4, 0.5) is 0 Å². The smallest absolute Gasteiger partial charge is 0.333 e. The molecule has 0 aliphatic carbocycles.